The Morgan fingerprint density at radius 3 is 2.71 bits per heavy atom. The molecule has 0 bridgehead atoms. The Balaban J connectivity index is 1.67. The summed E-state index contributed by atoms with van der Waals surface area (Å²) in [5.41, 5.74) is 9.33. The van der Waals surface area contributed by atoms with E-state index in [0.29, 0.717) is 17.8 Å². The lowest BCUT2D eigenvalue weighted by atomic mass is 9.89. The van der Waals surface area contributed by atoms with Gasteiger partial charge in [0, 0.05) is 24.8 Å². The summed E-state index contributed by atoms with van der Waals surface area (Å²) in [5.74, 6) is 0.150. The van der Waals surface area contributed by atoms with Gasteiger partial charge in [-0.3, -0.25) is 4.79 Å². The van der Waals surface area contributed by atoms with Crippen molar-refractivity contribution in [2.24, 2.45) is 5.92 Å². The Kier molecular flexibility index (Phi) is 5.16. The molecule has 0 radical (unpaired) electrons. The van der Waals surface area contributed by atoms with Crippen molar-refractivity contribution >= 4 is 11.6 Å². The molecule has 4 nitrogen and oxygen atoms in total. The highest BCUT2D eigenvalue weighted by Gasteiger charge is 2.28. The molecule has 24 heavy (non-hydrogen) atoms. The van der Waals surface area contributed by atoms with Crippen molar-refractivity contribution in [3.8, 4) is 0 Å². The average molecular weight is 324 g/mol. The standard InChI is InChI=1S/C20H24N2O2/c1-14-8-10-15(11-9-14)19-16(5-4-12-24-19)13-22-20(23)17-6-2-3-7-18(17)21/h2-3,6-11,16,19H,4-5,12-13,21H2,1H3,(H,22,23). The maximum atomic E-state index is 12.4. The second kappa shape index (κ2) is 7.49. The molecule has 1 fully saturated rings. The Morgan fingerprint density at radius 2 is 1.96 bits per heavy atom. The molecule has 1 amide bonds. The van der Waals surface area contributed by atoms with Crippen LogP contribution in [0.2, 0.25) is 0 Å². The van der Waals surface area contributed by atoms with Crippen LogP contribution in [0.4, 0.5) is 5.69 Å². The Bertz CT molecular complexity index is 697. The number of ether oxygens (including phenoxy) is 1. The molecule has 4 heteroatoms. The van der Waals surface area contributed by atoms with E-state index in [1.54, 1.807) is 12.1 Å². The number of benzene rings is 2. The van der Waals surface area contributed by atoms with Crippen molar-refractivity contribution in [2.75, 3.05) is 18.9 Å². The number of nitrogen functional groups attached to an aromatic ring is 1. The van der Waals surface area contributed by atoms with Gasteiger partial charge in [0.2, 0.25) is 0 Å². The summed E-state index contributed by atoms with van der Waals surface area (Å²) in [7, 11) is 0. The third-order valence-electron chi connectivity index (χ3n) is 4.58. The highest BCUT2D eigenvalue weighted by molar-refractivity contribution is 5.99. The highest BCUT2D eigenvalue weighted by atomic mass is 16.5. The largest absolute Gasteiger partial charge is 0.398 e. The number of nitrogens with two attached hydrogens (primary N) is 1. The number of aryl methyl sites for hydroxylation is 1. The monoisotopic (exact) mass is 324 g/mol. The fourth-order valence-corrected chi connectivity index (χ4v) is 3.20. The first-order valence-electron chi connectivity index (χ1n) is 8.46. The molecule has 126 valence electrons. The molecule has 3 N–H and O–H groups in total. The van der Waals surface area contributed by atoms with Gasteiger partial charge in [0.1, 0.15) is 0 Å². The van der Waals surface area contributed by atoms with E-state index in [1.807, 2.05) is 12.1 Å². The molecule has 0 saturated carbocycles. The molecule has 0 spiro atoms. The number of carbonyl (C=O) groups excluding carboxylic acids is 1. The molecular formula is C20H24N2O2. The fraction of sp³-hybridized carbons (Fsp3) is 0.350. The van der Waals surface area contributed by atoms with E-state index in [0.717, 1.165) is 19.4 Å². The lowest BCUT2D eigenvalue weighted by Gasteiger charge is -2.32. The van der Waals surface area contributed by atoms with Gasteiger partial charge in [0.25, 0.3) is 5.91 Å². The number of rotatable bonds is 4. The predicted octanol–water partition coefficient (Wildman–Crippen LogP) is 3.47. The van der Waals surface area contributed by atoms with Crippen molar-refractivity contribution in [3.63, 3.8) is 0 Å². The van der Waals surface area contributed by atoms with Crippen LogP contribution in [-0.4, -0.2) is 19.1 Å². The molecule has 1 saturated heterocycles. The van der Waals surface area contributed by atoms with E-state index in [4.69, 9.17) is 10.5 Å². The van der Waals surface area contributed by atoms with Gasteiger partial charge < -0.3 is 15.8 Å². The van der Waals surface area contributed by atoms with E-state index in [1.165, 1.54) is 11.1 Å². The van der Waals surface area contributed by atoms with Gasteiger partial charge in [-0.1, -0.05) is 42.0 Å². The third-order valence-corrected chi connectivity index (χ3v) is 4.58. The highest BCUT2D eigenvalue weighted by Crippen LogP contribution is 2.33. The van der Waals surface area contributed by atoms with Gasteiger partial charge >= 0.3 is 0 Å². The maximum absolute atomic E-state index is 12.4. The van der Waals surface area contributed by atoms with E-state index >= 15 is 0 Å². The molecule has 1 aliphatic heterocycles. The lowest BCUT2D eigenvalue weighted by molar-refractivity contribution is -0.0272. The predicted molar refractivity (Wildman–Crippen MR) is 95.8 cm³/mol. The van der Waals surface area contributed by atoms with E-state index in [-0.39, 0.29) is 17.9 Å². The first kappa shape index (κ1) is 16.5. The molecular weight excluding hydrogens is 300 g/mol. The molecule has 1 aliphatic rings. The summed E-state index contributed by atoms with van der Waals surface area (Å²) in [6.45, 7) is 3.44. The Morgan fingerprint density at radius 1 is 1.21 bits per heavy atom. The van der Waals surface area contributed by atoms with Crippen LogP contribution in [0.1, 0.15) is 40.4 Å². The zero-order chi connectivity index (χ0) is 16.9. The summed E-state index contributed by atoms with van der Waals surface area (Å²) in [5, 5.41) is 3.02. The molecule has 2 unspecified atom stereocenters. The quantitative estimate of drug-likeness (QED) is 0.846. The van der Waals surface area contributed by atoms with Crippen molar-refractivity contribution in [3.05, 3.63) is 65.2 Å². The SMILES string of the molecule is Cc1ccc(C2OCCCC2CNC(=O)c2ccccc2N)cc1. The van der Waals surface area contributed by atoms with E-state index < -0.39 is 0 Å². The average Bonchev–Trinajstić information content (AvgIpc) is 2.61. The molecule has 3 rings (SSSR count). The zero-order valence-electron chi connectivity index (χ0n) is 14.0. The van der Waals surface area contributed by atoms with Gasteiger partial charge in [-0.05, 0) is 37.5 Å². The van der Waals surface area contributed by atoms with Crippen LogP contribution in [0.15, 0.2) is 48.5 Å². The number of carbonyl (C=O) groups is 1. The minimum absolute atomic E-state index is 0.0350. The van der Waals surface area contributed by atoms with Gasteiger partial charge in [-0.25, -0.2) is 0 Å². The molecule has 0 aliphatic carbocycles. The van der Waals surface area contributed by atoms with Crippen LogP contribution < -0.4 is 11.1 Å². The lowest BCUT2D eigenvalue weighted by Crippen LogP contribution is -2.35. The van der Waals surface area contributed by atoms with Gasteiger partial charge in [0.15, 0.2) is 0 Å². The molecule has 0 aromatic heterocycles. The second-order valence-corrected chi connectivity index (χ2v) is 6.40. The fourth-order valence-electron chi connectivity index (χ4n) is 3.20. The van der Waals surface area contributed by atoms with Crippen LogP contribution in [0.5, 0.6) is 0 Å². The van der Waals surface area contributed by atoms with Crippen molar-refractivity contribution in [1.82, 2.24) is 5.32 Å². The smallest absolute Gasteiger partial charge is 0.253 e. The first-order valence-corrected chi connectivity index (χ1v) is 8.46. The van der Waals surface area contributed by atoms with Crippen LogP contribution in [0.3, 0.4) is 0 Å². The van der Waals surface area contributed by atoms with Crippen molar-refractivity contribution < 1.29 is 9.53 Å². The van der Waals surface area contributed by atoms with Crippen LogP contribution >= 0.6 is 0 Å². The number of amides is 1. The third kappa shape index (κ3) is 3.77. The van der Waals surface area contributed by atoms with Gasteiger partial charge in [0.05, 0.1) is 11.7 Å². The number of para-hydroxylation sites is 1. The summed E-state index contributed by atoms with van der Waals surface area (Å²) in [6, 6.07) is 15.6. The Labute approximate surface area is 143 Å². The first-order chi connectivity index (χ1) is 11.6. The summed E-state index contributed by atoms with van der Waals surface area (Å²) < 4.78 is 6.00. The number of hydrogen-bond donors (Lipinski definition) is 2. The second-order valence-electron chi connectivity index (χ2n) is 6.40. The topological polar surface area (TPSA) is 64.3 Å². The summed E-state index contributed by atoms with van der Waals surface area (Å²) >= 11 is 0. The number of hydrogen-bond acceptors (Lipinski definition) is 3. The van der Waals surface area contributed by atoms with Crippen molar-refractivity contribution in [1.29, 1.82) is 0 Å². The van der Waals surface area contributed by atoms with Crippen LogP contribution in [0.25, 0.3) is 0 Å². The van der Waals surface area contributed by atoms with Crippen LogP contribution in [-0.2, 0) is 4.74 Å². The summed E-state index contributed by atoms with van der Waals surface area (Å²) in [4.78, 5) is 12.4. The van der Waals surface area contributed by atoms with Gasteiger partial charge in [-0.2, -0.15) is 0 Å². The van der Waals surface area contributed by atoms with E-state index in [9.17, 15) is 4.79 Å². The van der Waals surface area contributed by atoms with E-state index in [2.05, 4.69) is 36.5 Å². The zero-order valence-corrected chi connectivity index (χ0v) is 14.0. The minimum Gasteiger partial charge on any atom is -0.398 e. The molecule has 2 atom stereocenters. The minimum atomic E-state index is -0.124. The van der Waals surface area contributed by atoms with Gasteiger partial charge in [-0.15, -0.1) is 0 Å². The molecule has 2 aromatic rings. The molecule has 1 heterocycles. The maximum Gasteiger partial charge on any atom is 0.253 e. The van der Waals surface area contributed by atoms with Crippen molar-refractivity contribution in [2.45, 2.75) is 25.9 Å². The Hall–Kier alpha value is -2.33. The number of anilines is 1. The normalized spacial score (nSPS) is 20.5. The molecule has 2 aromatic carbocycles. The number of nitrogens with one attached hydrogen (secondary N) is 1. The van der Waals surface area contributed by atoms with Crippen LogP contribution in [0, 0.1) is 12.8 Å². The summed E-state index contributed by atoms with van der Waals surface area (Å²) in [6.07, 6.45) is 2.10.